The average Bonchev–Trinajstić information content (AvgIpc) is 2.81. The van der Waals surface area contributed by atoms with E-state index in [2.05, 4.69) is 24.0 Å². The Bertz CT molecular complexity index is 420. The molecule has 3 heteroatoms. The second-order valence-electron chi connectivity index (χ2n) is 2.99. The first kappa shape index (κ1) is 12.8. The minimum Gasteiger partial charge on any atom is -0.228 e. The SMILES string of the molecule is CC.CCc1ccc(-c2ccc(F)nc2)s1. The van der Waals surface area contributed by atoms with Crippen LogP contribution in [0.5, 0.6) is 0 Å². The van der Waals surface area contributed by atoms with Crippen molar-refractivity contribution in [1.82, 2.24) is 4.98 Å². The number of nitrogens with zero attached hydrogens (tertiary/aromatic N) is 1. The molecule has 0 amide bonds. The summed E-state index contributed by atoms with van der Waals surface area (Å²) in [6, 6.07) is 7.30. The van der Waals surface area contributed by atoms with E-state index in [0.717, 1.165) is 16.9 Å². The monoisotopic (exact) mass is 237 g/mol. The molecule has 0 spiro atoms. The third-order valence-corrected chi connectivity index (χ3v) is 3.30. The van der Waals surface area contributed by atoms with Gasteiger partial charge < -0.3 is 0 Å². The van der Waals surface area contributed by atoms with E-state index >= 15 is 0 Å². The molecule has 0 aromatic carbocycles. The summed E-state index contributed by atoms with van der Waals surface area (Å²) in [5, 5.41) is 0. The van der Waals surface area contributed by atoms with Crippen molar-refractivity contribution < 1.29 is 4.39 Å². The number of hydrogen-bond acceptors (Lipinski definition) is 2. The van der Waals surface area contributed by atoms with Gasteiger partial charge in [0, 0.05) is 21.5 Å². The number of pyridine rings is 1. The van der Waals surface area contributed by atoms with Crippen molar-refractivity contribution in [2.24, 2.45) is 0 Å². The molecule has 0 saturated heterocycles. The minimum atomic E-state index is -0.430. The summed E-state index contributed by atoms with van der Waals surface area (Å²) < 4.78 is 12.6. The number of halogens is 1. The van der Waals surface area contributed by atoms with Gasteiger partial charge in [-0.15, -0.1) is 11.3 Å². The van der Waals surface area contributed by atoms with Crippen LogP contribution in [-0.4, -0.2) is 4.98 Å². The molecule has 2 aromatic heterocycles. The van der Waals surface area contributed by atoms with Crippen molar-refractivity contribution in [3.63, 3.8) is 0 Å². The Morgan fingerprint density at radius 3 is 2.44 bits per heavy atom. The Labute approximate surface area is 100.0 Å². The van der Waals surface area contributed by atoms with E-state index in [1.807, 2.05) is 13.8 Å². The van der Waals surface area contributed by atoms with Crippen molar-refractivity contribution in [2.45, 2.75) is 27.2 Å². The largest absolute Gasteiger partial charge is 0.228 e. The third kappa shape index (κ3) is 3.14. The fourth-order valence-electron chi connectivity index (χ4n) is 1.24. The molecule has 0 aliphatic heterocycles. The van der Waals surface area contributed by atoms with Crippen LogP contribution in [0.3, 0.4) is 0 Å². The fourth-order valence-corrected chi connectivity index (χ4v) is 2.18. The molecule has 0 aliphatic rings. The predicted octanol–water partition coefficient (Wildman–Crippen LogP) is 4.54. The van der Waals surface area contributed by atoms with E-state index in [9.17, 15) is 4.39 Å². The minimum absolute atomic E-state index is 0.430. The van der Waals surface area contributed by atoms with E-state index in [-0.39, 0.29) is 0 Å². The lowest BCUT2D eigenvalue weighted by Crippen LogP contribution is -1.80. The Kier molecular flexibility index (Phi) is 5.12. The molecule has 0 radical (unpaired) electrons. The van der Waals surface area contributed by atoms with Gasteiger partial charge in [0.15, 0.2) is 0 Å². The fraction of sp³-hybridized carbons (Fsp3) is 0.308. The van der Waals surface area contributed by atoms with Gasteiger partial charge in [0.05, 0.1) is 0 Å². The topological polar surface area (TPSA) is 12.9 Å². The van der Waals surface area contributed by atoms with Gasteiger partial charge >= 0.3 is 0 Å². The van der Waals surface area contributed by atoms with Crippen LogP contribution in [0, 0.1) is 5.95 Å². The lowest BCUT2D eigenvalue weighted by molar-refractivity contribution is 0.584. The van der Waals surface area contributed by atoms with Crippen LogP contribution in [0.25, 0.3) is 10.4 Å². The zero-order valence-corrected chi connectivity index (χ0v) is 10.6. The van der Waals surface area contributed by atoms with Crippen LogP contribution in [0.2, 0.25) is 0 Å². The Morgan fingerprint density at radius 2 is 1.94 bits per heavy atom. The number of aryl methyl sites for hydroxylation is 1. The molecular weight excluding hydrogens is 221 g/mol. The van der Waals surface area contributed by atoms with Crippen LogP contribution in [0.4, 0.5) is 4.39 Å². The van der Waals surface area contributed by atoms with Gasteiger partial charge in [0.1, 0.15) is 0 Å². The van der Waals surface area contributed by atoms with Crippen LogP contribution in [0.1, 0.15) is 25.6 Å². The second kappa shape index (κ2) is 6.38. The van der Waals surface area contributed by atoms with Crippen molar-refractivity contribution >= 4 is 11.3 Å². The molecule has 16 heavy (non-hydrogen) atoms. The van der Waals surface area contributed by atoms with Gasteiger partial charge in [0.2, 0.25) is 5.95 Å². The molecule has 2 rings (SSSR count). The van der Waals surface area contributed by atoms with Gasteiger partial charge in [-0.2, -0.15) is 4.39 Å². The second-order valence-corrected chi connectivity index (χ2v) is 4.16. The van der Waals surface area contributed by atoms with Gasteiger partial charge in [-0.25, -0.2) is 4.98 Å². The van der Waals surface area contributed by atoms with Crippen molar-refractivity contribution in [2.75, 3.05) is 0 Å². The Balaban J connectivity index is 0.000000606. The average molecular weight is 237 g/mol. The zero-order valence-electron chi connectivity index (χ0n) is 9.83. The summed E-state index contributed by atoms with van der Waals surface area (Å²) in [5.41, 5.74) is 0.983. The van der Waals surface area contributed by atoms with Crippen LogP contribution in [-0.2, 0) is 6.42 Å². The van der Waals surface area contributed by atoms with Crippen molar-refractivity contribution in [1.29, 1.82) is 0 Å². The molecular formula is C13H16FNS. The summed E-state index contributed by atoms with van der Waals surface area (Å²) >= 11 is 1.73. The summed E-state index contributed by atoms with van der Waals surface area (Å²) in [7, 11) is 0. The first-order valence-corrected chi connectivity index (χ1v) is 6.32. The molecule has 2 heterocycles. The molecule has 0 fully saturated rings. The Hall–Kier alpha value is -1.22. The van der Waals surface area contributed by atoms with Crippen LogP contribution < -0.4 is 0 Å². The quantitative estimate of drug-likeness (QED) is 0.699. The maximum Gasteiger partial charge on any atom is 0.212 e. The van der Waals surface area contributed by atoms with Gasteiger partial charge in [-0.1, -0.05) is 20.8 Å². The maximum atomic E-state index is 12.6. The molecule has 0 atom stereocenters. The highest BCUT2D eigenvalue weighted by Crippen LogP contribution is 2.27. The number of rotatable bonds is 2. The van der Waals surface area contributed by atoms with Crippen molar-refractivity contribution in [3.05, 3.63) is 41.3 Å². The molecule has 0 unspecified atom stereocenters. The lowest BCUT2D eigenvalue weighted by atomic mass is 10.2. The van der Waals surface area contributed by atoms with Crippen LogP contribution >= 0.6 is 11.3 Å². The van der Waals surface area contributed by atoms with Gasteiger partial charge in [0.25, 0.3) is 0 Å². The highest BCUT2D eigenvalue weighted by Gasteiger charge is 2.02. The first-order chi connectivity index (χ1) is 7.79. The summed E-state index contributed by atoms with van der Waals surface area (Å²) in [4.78, 5) is 6.12. The summed E-state index contributed by atoms with van der Waals surface area (Å²) in [5.74, 6) is -0.430. The van der Waals surface area contributed by atoms with E-state index < -0.39 is 5.95 Å². The molecule has 0 bridgehead atoms. The molecule has 0 N–H and O–H groups in total. The standard InChI is InChI=1S/C11H10FNS.C2H6/c1-2-9-4-5-10(14-9)8-3-6-11(12)13-7-8;1-2/h3-7H,2H2,1H3;1-2H3. The Morgan fingerprint density at radius 1 is 1.19 bits per heavy atom. The third-order valence-electron chi connectivity index (χ3n) is 2.02. The molecule has 2 aromatic rings. The summed E-state index contributed by atoms with van der Waals surface area (Å²) in [6.07, 6.45) is 2.61. The number of thiophene rings is 1. The van der Waals surface area contributed by atoms with E-state index in [0.29, 0.717) is 0 Å². The van der Waals surface area contributed by atoms with Gasteiger partial charge in [-0.3, -0.25) is 0 Å². The maximum absolute atomic E-state index is 12.6. The number of hydrogen-bond donors (Lipinski definition) is 0. The molecule has 86 valence electrons. The smallest absolute Gasteiger partial charge is 0.212 e. The summed E-state index contributed by atoms with van der Waals surface area (Å²) in [6.45, 7) is 6.12. The molecule has 0 saturated carbocycles. The first-order valence-electron chi connectivity index (χ1n) is 5.50. The predicted molar refractivity (Wildman–Crippen MR) is 68.2 cm³/mol. The molecule has 1 nitrogen and oxygen atoms in total. The van der Waals surface area contributed by atoms with Gasteiger partial charge in [-0.05, 0) is 30.7 Å². The van der Waals surface area contributed by atoms with Crippen LogP contribution in [0.15, 0.2) is 30.5 Å². The lowest BCUT2D eigenvalue weighted by Gasteiger charge is -1.95. The normalized spacial score (nSPS) is 9.50. The van der Waals surface area contributed by atoms with E-state index in [1.54, 1.807) is 23.6 Å². The van der Waals surface area contributed by atoms with E-state index in [4.69, 9.17) is 0 Å². The zero-order chi connectivity index (χ0) is 12.0. The number of aromatic nitrogens is 1. The highest BCUT2D eigenvalue weighted by atomic mass is 32.1. The van der Waals surface area contributed by atoms with Crippen molar-refractivity contribution in [3.8, 4) is 10.4 Å². The van der Waals surface area contributed by atoms with E-state index in [1.165, 1.54) is 10.9 Å². The molecule has 0 aliphatic carbocycles. The highest BCUT2D eigenvalue weighted by molar-refractivity contribution is 7.15.